The van der Waals surface area contributed by atoms with Gasteiger partial charge in [-0.2, -0.15) is 5.21 Å². The highest BCUT2D eigenvalue weighted by Gasteiger charge is 2.16. The van der Waals surface area contributed by atoms with E-state index in [2.05, 4.69) is 25.9 Å². The summed E-state index contributed by atoms with van der Waals surface area (Å²) in [5.41, 5.74) is 0.430. The van der Waals surface area contributed by atoms with Crippen LogP contribution in [-0.4, -0.2) is 33.3 Å². The molecule has 0 aliphatic carbocycles. The number of rotatable bonds is 2. The minimum absolute atomic E-state index is 0.118. The Hall–Kier alpha value is -2.64. The Morgan fingerprint density at radius 2 is 2.24 bits per heavy atom. The van der Waals surface area contributed by atoms with Gasteiger partial charge in [-0.05, 0) is 23.4 Å². The van der Waals surface area contributed by atoms with Gasteiger partial charge in [0, 0.05) is 5.56 Å². The molecular formula is C9H7N5O3. The number of carbonyl (C=O) groups excluding carboxylic acids is 1. The molecule has 8 heteroatoms. The zero-order chi connectivity index (χ0) is 11.7. The number of fused-ring (bicyclic) bond motifs is 1. The molecule has 2 N–H and O–H groups in total. The normalized spacial score (nSPS) is 12.5. The predicted octanol–water partition coefficient (Wildman–Crippen LogP) is 0.181. The van der Waals surface area contributed by atoms with Crippen molar-refractivity contribution in [1.82, 2.24) is 20.6 Å². The molecule has 1 aromatic carbocycles. The van der Waals surface area contributed by atoms with Gasteiger partial charge in [0.05, 0.1) is 0 Å². The van der Waals surface area contributed by atoms with E-state index in [1.807, 2.05) is 0 Å². The second-order valence-electron chi connectivity index (χ2n) is 3.26. The van der Waals surface area contributed by atoms with Crippen LogP contribution in [0.1, 0.15) is 10.4 Å². The first-order chi connectivity index (χ1) is 8.33. The molecule has 0 saturated carbocycles. The van der Waals surface area contributed by atoms with Gasteiger partial charge in [0.15, 0.2) is 11.5 Å². The topological polar surface area (TPSA) is 102 Å². The van der Waals surface area contributed by atoms with E-state index in [0.717, 1.165) is 0 Å². The molecule has 17 heavy (non-hydrogen) atoms. The van der Waals surface area contributed by atoms with Crippen LogP contribution in [0.15, 0.2) is 18.2 Å². The second kappa shape index (κ2) is 3.74. The van der Waals surface area contributed by atoms with Crippen LogP contribution in [0.5, 0.6) is 11.5 Å². The quantitative estimate of drug-likeness (QED) is 0.767. The molecule has 0 unspecified atom stereocenters. The van der Waals surface area contributed by atoms with Crippen LogP contribution in [0.2, 0.25) is 0 Å². The van der Waals surface area contributed by atoms with E-state index in [0.29, 0.717) is 17.1 Å². The molecule has 0 atom stereocenters. The number of amides is 1. The van der Waals surface area contributed by atoms with E-state index in [1.165, 1.54) is 0 Å². The number of H-pyrrole nitrogens is 1. The zero-order valence-electron chi connectivity index (χ0n) is 8.51. The van der Waals surface area contributed by atoms with Crippen LogP contribution in [0.3, 0.4) is 0 Å². The molecule has 0 saturated heterocycles. The van der Waals surface area contributed by atoms with Crippen molar-refractivity contribution < 1.29 is 14.3 Å². The van der Waals surface area contributed by atoms with Gasteiger partial charge >= 0.3 is 0 Å². The van der Waals surface area contributed by atoms with Crippen LogP contribution in [0.25, 0.3) is 0 Å². The Labute approximate surface area is 94.9 Å². The van der Waals surface area contributed by atoms with Crippen LogP contribution < -0.4 is 14.8 Å². The average Bonchev–Trinajstić information content (AvgIpc) is 2.97. The van der Waals surface area contributed by atoms with E-state index >= 15 is 0 Å². The third-order valence-corrected chi connectivity index (χ3v) is 2.21. The number of tetrazole rings is 1. The lowest BCUT2D eigenvalue weighted by molar-refractivity contribution is 0.102. The molecule has 1 aliphatic heterocycles. The fourth-order valence-corrected chi connectivity index (χ4v) is 1.43. The minimum Gasteiger partial charge on any atom is -0.454 e. The maximum atomic E-state index is 11.8. The van der Waals surface area contributed by atoms with Gasteiger partial charge in [-0.25, -0.2) is 0 Å². The Balaban J connectivity index is 1.82. The summed E-state index contributed by atoms with van der Waals surface area (Å²) < 4.78 is 10.3. The van der Waals surface area contributed by atoms with E-state index in [4.69, 9.17) is 9.47 Å². The zero-order valence-corrected chi connectivity index (χ0v) is 8.51. The van der Waals surface area contributed by atoms with Gasteiger partial charge in [0.2, 0.25) is 6.79 Å². The third kappa shape index (κ3) is 1.75. The summed E-state index contributed by atoms with van der Waals surface area (Å²) in [6, 6.07) is 4.90. The molecule has 0 fully saturated rings. The summed E-state index contributed by atoms with van der Waals surface area (Å²) in [6.45, 7) is 0.172. The lowest BCUT2D eigenvalue weighted by Gasteiger charge is -2.01. The van der Waals surface area contributed by atoms with Gasteiger partial charge in [-0.1, -0.05) is 5.10 Å². The Morgan fingerprint density at radius 1 is 1.35 bits per heavy atom. The Morgan fingerprint density at radius 3 is 3.06 bits per heavy atom. The maximum Gasteiger partial charge on any atom is 0.270 e. The molecule has 2 aromatic rings. The first-order valence-corrected chi connectivity index (χ1v) is 4.77. The molecule has 2 heterocycles. The molecule has 86 valence electrons. The molecule has 0 radical (unpaired) electrons. The van der Waals surface area contributed by atoms with Crippen LogP contribution in [0, 0.1) is 0 Å². The predicted molar refractivity (Wildman–Crippen MR) is 54.7 cm³/mol. The summed E-state index contributed by atoms with van der Waals surface area (Å²) in [4.78, 5) is 11.8. The van der Waals surface area contributed by atoms with E-state index in [1.54, 1.807) is 18.2 Å². The van der Waals surface area contributed by atoms with Gasteiger partial charge < -0.3 is 9.47 Å². The lowest BCUT2D eigenvalue weighted by Crippen LogP contribution is -2.12. The van der Waals surface area contributed by atoms with Crippen molar-refractivity contribution in [2.45, 2.75) is 0 Å². The summed E-state index contributed by atoms with van der Waals surface area (Å²) in [6.07, 6.45) is 0. The smallest absolute Gasteiger partial charge is 0.270 e. The van der Waals surface area contributed by atoms with Crippen molar-refractivity contribution >= 4 is 11.9 Å². The summed E-state index contributed by atoms with van der Waals surface area (Å²) in [5.74, 6) is 0.948. The van der Waals surface area contributed by atoms with Crippen molar-refractivity contribution in [3.8, 4) is 11.5 Å². The number of nitrogens with one attached hydrogen (secondary N) is 2. The van der Waals surface area contributed by atoms with Crippen molar-refractivity contribution in [3.05, 3.63) is 23.8 Å². The van der Waals surface area contributed by atoms with Crippen LogP contribution >= 0.6 is 0 Å². The monoisotopic (exact) mass is 233 g/mol. The second-order valence-corrected chi connectivity index (χ2v) is 3.26. The highest BCUT2D eigenvalue weighted by molar-refractivity contribution is 6.03. The first-order valence-electron chi connectivity index (χ1n) is 4.77. The molecule has 3 rings (SSSR count). The van der Waals surface area contributed by atoms with Crippen molar-refractivity contribution in [2.75, 3.05) is 12.1 Å². The van der Waals surface area contributed by atoms with Gasteiger partial charge in [-0.15, -0.1) is 5.10 Å². The Bertz CT molecular complexity index is 554. The highest BCUT2D eigenvalue weighted by Crippen LogP contribution is 2.32. The average molecular weight is 233 g/mol. The van der Waals surface area contributed by atoms with Crippen molar-refractivity contribution in [1.29, 1.82) is 0 Å². The van der Waals surface area contributed by atoms with Crippen LogP contribution in [-0.2, 0) is 0 Å². The fraction of sp³-hybridized carbons (Fsp3) is 0.111. The minimum atomic E-state index is -0.343. The fourth-order valence-electron chi connectivity index (χ4n) is 1.43. The van der Waals surface area contributed by atoms with Crippen molar-refractivity contribution in [2.24, 2.45) is 0 Å². The number of hydrogen-bond acceptors (Lipinski definition) is 6. The molecule has 0 spiro atoms. The molecule has 1 amide bonds. The molecule has 0 bridgehead atoms. The number of benzene rings is 1. The van der Waals surface area contributed by atoms with E-state index in [9.17, 15) is 4.79 Å². The maximum absolute atomic E-state index is 11.8. The van der Waals surface area contributed by atoms with E-state index in [-0.39, 0.29) is 18.6 Å². The van der Waals surface area contributed by atoms with E-state index < -0.39 is 0 Å². The molecule has 1 aliphatic rings. The van der Waals surface area contributed by atoms with Gasteiger partial charge in [0.25, 0.3) is 11.9 Å². The van der Waals surface area contributed by atoms with Crippen LogP contribution in [0.4, 0.5) is 5.95 Å². The number of aromatic nitrogens is 4. The molecule has 8 nitrogen and oxygen atoms in total. The number of nitrogens with zero attached hydrogens (tertiary/aromatic N) is 3. The summed E-state index contributed by atoms with van der Waals surface area (Å²) in [7, 11) is 0. The van der Waals surface area contributed by atoms with Gasteiger partial charge in [-0.3, -0.25) is 10.1 Å². The summed E-state index contributed by atoms with van der Waals surface area (Å²) >= 11 is 0. The van der Waals surface area contributed by atoms with Crippen molar-refractivity contribution in [3.63, 3.8) is 0 Å². The molecular weight excluding hydrogens is 226 g/mol. The third-order valence-electron chi connectivity index (χ3n) is 2.21. The lowest BCUT2D eigenvalue weighted by atomic mass is 10.2. The number of aromatic amines is 1. The van der Waals surface area contributed by atoms with Gasteiger partial charge in [0.1, 0.15) is 0 Å². The first kappa shape index (κ1) is 9.58. The standard InChI is InChI=1S/C9H7N5O3/c15-8(10-9-11-13-14-12-9)5-1-2-6-7(3-5)17-4-16-6/h1-3H,4H2,(H2,10,11,12,13,14,15). The Kier molecular flexibility index (Phi) is 2.11. The SMILES string of the molecule is O=C(Nc1nn[nH]n1)c1ccc2c(c1)OCO2. The number of carbonyl (C=O) groups is 1. The number of ether oxygens (including phenoxy) is 2. The number of anilines is 1. The largest absolute Gasteiger partial charge is 0.454 e. The molecule has 1 aromatic heterocycles. The number of hydrogen-bond donors (Lipinski definition) is 2. The summed E-state index contributed by atoms with van der Waals surface area (Å²) in [5, 5.41) is 15.3. The highest BCUT2D eigenvalue weighted by atomic mass is 16.7.